The Kier molecular flexibility index (Phi) is 4.75. The number of hydrazine groups is 1. The average Bonchev–Trinajstić information content (AvgIpc) is 2.91. The van der Waals surface area contributed by atoms with Crippen LogP contribution in [-0.2, 0) is 12.8 Å². The van der Waals surface area contributed by atoms with Crippen LogP contribution in [0.4, 0.5) is 0 Å². The monoisotopic (exact) mass is 262 g/mol. The number of rotatable bonds is 6. The smallest absolute Gasteiger partial charge is 0.118 e. The molecule has 2 rings (SSSR count). The molecule has 3 nitrogen and oxygen atoms in total. The van der Waals surface area contributed by atoms with Gasteiger partial charge in [0.1, 0.15) is 5.75 Å². The fourth-order valence-corrected chi connectivity index (χ4v) is 2.61. The van der Waals surface area contributed by atoms with Crippen molar-refractivity contribution in [3.05, 3.63) is 52.2 Å². The van der Waals surface area contributed by atoms with Crippen LogP contribution in [0.25, 0.3) is 0 Å². The molecule has 0 fully saturated rings. The summed E-state index contributed by atoms with van der Waals surface area (Å²) in [6.07, 6.45) is 1.86. The molecule has 3 N–H and O–H groups in total. The summed E-state index contributed by atoms with van der Waals surface area (Å²) < 4.78 is 5.15. The highest BCUT2D eigenvalue weighted by Crippen LogP contribution is 2.15. The molecule has 1 aromatic carbocycles. The zero-order chi connectivity index (χ0) is 12.8. The zero-order valence-electron chi connectivity index (χ0n) is 10.4. The number of thiophene rings is 1. The van der Waals surface area contributed by atoms with Gasteiger partial charge < -0.3 is 4.74 Å². The van der Waals surface area contributed by atoms with Crippen molar-refractivity contribution in [2.45, 2.75) is 18.9 Å². The van der Waals surface area contributed by atoms with Crippen molar-refractivity contribution in [3.8, 4) is 5.75 Å². The highest BCUT2D eigenvalue weighted by atomic mass is 32.1. The second-order valence-electron chi connectivity index (χ2n) is 4.25. The van der Waals surface area contributed by atoms with Crippen molar-refractivity contribution in [2.75, 3.05) is 7.11 Å². The normalized spacial score (nSPS) is 12.3. The lowest BCUT2D eigenvalue weighted by atomic mass is 10.0. The molecule has 0 amide bonds. The predicted octanol–water partition coefficient (Wildman–Crippen LogP) is 2.37. The molecule has 18 heavy (non-hydrogen) atoms. The van der Waals surface area contributed by atoms with Gasteiger partial charge in [0.2, 0.25) is 0 Å². The Morgan fingerprint density at radius 1 is 1.17 bits per heavy atom. The van der Waals surface area contributed by atoms with E-state index in [0.717, 1.165) is 18.6 Å². The first kappa shape index (κ1) is 13.1. The van der Waals surface area contributed by atoms with Gasteiger partial charge in [0.05, 0.1) is 7.11 Å². The maximum atomic E-state index is 5.62. The van der Waals surface area contributed by atoms with Crippen molar-refractivity contribution in [3.63, 3.8) is 0 Å². The molecule has 2 aromatic rings. The van der Waals surface area contributed by atoms with Crippen LogP contribution in [-0.4, -0.2) is 13.2 Å². The highest BCUT2D eigenvalue weighted by Gasteiger charge is 2.09. The van der Waals surface area contributed by atoms with Gasteiger partial charge in [0.25, 0.3) is 0 Å². The van der Waals surface area contributed by atoms with Crippen molar-refractivity contribution in [1.82, 2.24) is 5.43 Å². The molecular weight excluding hydrogens is 244 g/mol. The molecule has 1 atom stereocenters. The van der Waals surface area contributed by atoms with Crippen LogP contribution in [0.15, 0.2) is 41.1 Å². The van der Waals surface area contributed by atoms with Gasteiger partial charge in [-0.05, 0) is 52.9 Å². The predicted molar refractivity (Wildman–Crippen MR) is 75.8 cm³/mol. The maximum Gasteiger partial charge on any atom is 0.118 e. The fraction of sp³-hybridized carbons (Fsp3) is 0.286. The topological polar surface area (TPSA) is 47.3 Å². The minimum absolute atomic E-state index is 0.257. The van der Waals surface area contributed by atoms with Gasteiger partial charge in [-0.1, -0.05) is 12.1 Å². The summed E-state index contributed by atoms with van der Waals surface area (Å²) in [6, 6.07) is 10.5. The average molecular weight is 262 g/mol. The van der Waals surface area contributed by atoms with Crippen LogP contribution in [0.5, 0.6) is 5.75 Å². The van der Waals surface area contributed by atoms with Gasteiger partial charge in [-0.15, -0.1) is 0 Å². The van der Waals surface area contributed by atoms with E-state index in [2.05, 4.69) is 34.4 Å². The second kappa shape index (κ2) is 6.54. The van der Waals surface area contributed by atoms with E-state index < -0.39 is 0 Å². The lowest BCUT2D eigenvalue weighted by Gasteiger charge is -2.15. The summed E-state index contributed by atoms with van der Waals surface area (Å²) in [4.78, 5) is 0. The Hall–Kier alpha value is -1.36. The summed E-state index contributed by atoms with van der Waals surface area (Å²) in [7, 11) is 1.68. The van der Waals surface area contributed by atoms with Crippen LogP contribution in [0.2, 0.25) is 0 Å². The van der Waals surface area contributed by atoms with Gasteiger partial charge in [-0.3, -0.25) is 11.3 Å². The summed E-state index contributed by atoms with van der Waals surface area (Å²) in [5.41, 5.74) is 5.48. The molecule has 0 spiro atoms. The van der Waals surface area contributed by atoms with Crippen LogP contribution in [0.1, 0.15) is 11.1 Å². The second-order valence-corrected chi connectivity index (χ2v) is 5.03. The minimum atomic E-state index is 0.257. The third-order valence-corrected chi connectivity index (χ3v) is 3.67. The van der Waals surface area contributed by atoms with E-state index in [4.69, 9.17) is 10.6 Å². The first-order valence-electron chi connectivity index (χ1n) is 5.92. The first-order chi connectivity index (χ1) is 8.81. The summed E-state index contributed by atoms with van der Waals surface area (Å²) >= 11 is 1.72. The van der Waals surface area contributed by atoms with Crippen LogP contribution >= 0.6 is 11.3 Å². The summed E-state index contributed by atoms with van der Waals surface area (Å²) in [5.74, 6) is 6.51. The Morgan fingerprint density at radius 2 is 1.89 bits per heavy atom. The largest absolute Gasteiger partial charge is 0.497 e. The molecule has 0 aliphatic rings. The number of benzene rings is 1. The lowest BCUT2D eigenvalue weighted by molar-refractivity contribution is 0.414. The third kappa shape index (κ3) is 3.57. The molecule has 0 saturated carbocycles. The van der Waals surface area contributed by atoms with E-state index in [1.54, 1.807) is 18.4 Å². The van der Waals surface area contributed by atoms with E-state index in [9.17, 15) is 0 Å². The molecule has 0 aliphatic carbocycles. The van der Waals surface area contributed by atoms with Gasteiger partial charge in [0.15, 0.2) is 0 Å². The molecule has 4 heteroatoms. The minimum Gasteiger partial charge on any atom is -0.497 e. The van der Waals surface area contributed by atoms with E-state index in [1.807, 2.05) is 12.1 Å². The Bertz CT molecular complexity index is 453. The van der Waals surface area contributed by atoms with Crippen molar-refractivity contribution in [2.24, 2.45) is 5.84 Å². The van der Waals surface area contributed by atoms with Gasteiger partial charge in [-0.2, -0.15) is 11.3 Å². The van der Waals surface area contributed by atoms with Gasteiger partial charge >= 0.3 is 0 Å². The molecule has 0 aliphatic heterocycles. The standard InChI is InChI=1S/C14H18N2OS/c1-17-14-4-2-11(3-5-14)8-13(16-15)9-12-6-7-18-10-12/h2-7,10,13,16H,8-9,15H2,1H3. The van der Waals surface area contributed by atoms with E-state index in [-0.39, 0.29) is 6.04 Å². The fourth-order valence-electron chi connectivity index (χ4n) is 1.93. The number of hydrogen-bond donors (Lipinski definition) is 2. The molecular formula is C14H18N2OS. The van der Waals surface area contributed by atoms with Gasteiger partial charge in [-0.25, -0.2) is 0 Å². The Balaban J connectivity index is 1.96. The summed E-state index contributed by atoms with van der Waals surface area (Å²) in [5, 5.41) is 4.26. The zero-order valence-corrected chi connectivity index (χ0v) is 11.2. The Morgan fingerprint density at radius 3 is 2.44 bits per heavy atom. The van der Waals surface area contributed by atoms with Crippen molar-refractivity contribution >= 4 is 11.3 Å². The van der Waals surface area contributed by atoms with Crippen LogP contribution < -0.4 is 16.0 Å². The number of nitrogens with one attached hydrogen (secondary N) is 1. The molecule has 0 saturated heterocycles. The first-order valence-corrected chi connectivity index (χ1v) is 6.86. The SMILES string of the molecule is COc1ccc(CC(Cc2ccsc2)NN)cc1. The third-order valence-electron chi connectivity index (χ3n) is 2.94. The molecule has 0 radical (unpaired) electrons. The Labute approximate surface area is 112 Å². The highest BCUT2D eigenvalue weighted by molar-refractivity contribution is 7.07. The molecule has 1 heterocycles. The van der Waals surface area contributed by atoms with Gasteiger partial charge in [0, 0.05) is 6.04 Å². The maximum absolute atomic E-state index is 5.62. The summed E-state index contributed by atoms with van der Waals surface area (Å²) in [6.45, 7) is 0. The van der Waals surface area contributed by atoms with E-state index in [1.165, 1.54) is 11.1 Å². The van der Waals surface area contributed by atoms with Crippen molar-refractivity contribution in [1.29, 1.82) is 0 Å². The molecule has 1 aromatic heterocycles. The number of hydrogen-bond acceptors (Lipinski definition) is 4. The quantitative estimate of drug-likeness (QED) is 0.620. The number of ether oxygens (including phenoxy) is 1. The van der Waals surface area contributed by atoms with Crippen LogP contribution in [0, 0.1) is 0 Å². The van der Waals surface area contributed by atoms with E-state index >= 15 is 0 Å². The molecule has 0 bridgehead atoms. The van der Waals surface area contributed by atoms with E-state index in [0.29, 0.717) is 0 Å². The number of methoxy groups -OCH3 is 1. The lowest BCUT2D eigenvalue weighted by Crippen LogP contribution is -2.38. The number of nitrogens with two attached hydrogens (primary N) is 1. The van der Waals surface area contributed by atoms with Crippen molar-refractivity contribution < 1.29 is 4.74 Å². The van der Waals surface area contributed by atoms with Crippen LogP contribution in [0.3, 0.4) is 0 Å². The molecule has 1 unspecified atom stereocenters. The molecule has 96 valence electrons.